The van der Waals surface area contributed by atoms with Gasteiger partial charge in [-0.15, -0.1) is 0 Å². The summed E-state index contributed by atoms with van der Waals surface area (Å²) in [5.41, 5.74) is 0.188. The van der Waals surface area contributed by atoms with Gasteiger partial charge in [-0.25, -0.2) is 22.0 Å². The Morgan fingerprint density at radius 3 is 2.60 bits per heavy atom. The Hall–Kier alpha value is -3.13. The molecule has 0 saturated carbocycles. The van der Waals surface area contributed by atoms with Gasteiger partial charge in [0.1, 0.15) is 0 Å². The molecule has 154 valence electrons. The van der Waals surface area contributed by atoms with Gasteiger partial charge in [0.05, 0.1) is 36.1 Å². The minimum atomic E-state index is -4.06. The van der Waals surface area contributed by atoms with Crippen molar-refractivity contribution in [3.63, 3.8) is 0 Å². The minimum Gasteiger partial charge on any atom is -0.373 e. The number of fused-ring (bicyclic) bond motifs is 3. The lowest BCUT2D eigenvalue weighted by Gasteiger charge is -2.33. The Morgan fingerprint density at radius 2 is 1.90 bits per heavy atom. The fourth-order valence-electron chi connectivity index (χ4n) is 3.58. The van der Waals surface area contributed by atoms with Crippen molar-refractivity contribution in [2.24, 2.45) is 0 Å². The summed E-state index contributed by atoms with van der Waals surface area (Å²) >= 11 is 0. The second-order valence-electron chi connectivity index (χ2n) is 6.82. The number of ether oxygens (including phenoxy) is 1. The van der Waals surface area contributed by atoms with E-state index >= 15 is 0 Å². The fourth-order valence-corrected chi connectivity index (χ4v) is 4.93. The molecule has 1 aliphatic heterocycles. The largest absolute Gasteiger partial charge is 0.373 e. The zero-order valence-electron chi connectivity index (χ0n) is 15.6. The first-order chi connectivity index (χ1) is 14.2. The van der Waals surface area contributed by atoms with Crippen molar-refractivity contribution in [2.75, 3.05) is 13.7 Å². The maximum Gasteiger partial charge on any atom is 0.256 e. The molecular weight excluding hydrogens is 416 g/mol. The van der Waals surface area contributed by atoms with Gasteiger partial charge in [-0.05, 0) is 29.7 Å². The number of benzene rings is 2. The van der Waals surface area contributed by atoms with Crippen LogP contribution in [-0.4, -0.2) is 31.4 Å². The molecule has 3 aromatic rings. The normalized spacial score (nSPS) is 16.4. The van der Waals surface area contributed by atoms with Crippen molar-refractivity contribution >= 4 is 26.5 Å². The lowest BCUT2D eigenvalue weighted by molar-refractivity contribution is 0.0626. The minimum absolute atomic E-state index is 0.00287. The molecule has 7 nitrogen and oxygen atoms in total. The maximum atomic E-state index is 14.0. The van der Waals surface area contributed by atoms with Gasteiger partial charge in [-0.3, -0.25) is 4.79 Å². The second kappa shape index (κ2) is 7.28. The van der Waals surface area contributed by atoms with Gasteiger partial charge in [-0.2, -0.15) is 4.31 Å². The first-order valence-corrected chi connectivity index (χ1v) is 10.2. The number of aromatic amines is 1. The number of nitrogens with zero attached hydrogens (tertiary/aromatic N) is 2. The number of halogens is 2. The van der Waals surface area contributed by atoms with E-state index in [9.17, 15) is 22.0 Å². The quantitative estimate of drug-likeness (QED) is 0.646. The first kappa shape index (κ1) is 20.2. The highest BCUT2D eigenvalue weighted by molar-refractivity contribution is 7.89. The Labute approximate surface area is 170 Å². The summed E-state index contributed by atoms with van der Waals surface area (Å²) < 4.78 is 60.6. The lowest BCUT2D eigenvalue weighted by atomic mass is 9.96. The van der Waals surface area contributed by atoms with Gasteiger partial charge >= 0.3 is 0 Å². The van der Waals surface area contributed by atoms with E-state index < -0.39 is 33.3 Å². The molecule has 0 saturated heterocycles. The van der Waals surface area contributed by atoms with Crippen LogP contribution in [0.4, 0.5) is 14.5 Å². The van der Waals surface area contributed by atoms with Crippen molar-refractivity contribution < 1.29 is 21.9 Å². The number of aromatic nitrogens is 1. The predicted octanol–water partition coefficient (Wildman–Crippen LogP) is 3.25. The Bertz CT molecular complexity index is 1380. The number of sulfonamides is 1. The molecule has 0 unspecified atom stereocenters. The van der Waals surface area contributed by atoms with Crippen LogP contribution in [-0.2, 0) is 21.4 Å². The van der Waals surface area contributed by atoms with E-state index in [0.29, 0.717) is 11.3 Å². The van der Waals surface area contributed by atoms with E-state index in [-0.39, 0.29) is 34.6 Å². The second-order valence-corrected chi connectivity index (χ2v) is 8.82. The molecule has 1 atom stereocenters. The third-order valence-electron chi connectivity index (χ3n) is 5.10. The number of rotatable bonds is 3. The van der Waals surface area contributed by atoms with Crippen LogP contribution in [0, 0.1) is 18.2 Å². The lowest BCUT2D eigenvalue weighted by Crippen LogP contribution is -2.37. The molecule has 2 aromatic carbocycles. The van der Waals surface area contributed by atoms with Crippen LogP contribution < -0.4 is 5.56 Å². The van der Waals surface area contributed by atoms with E-state index in [1.807, 2.05) is 0 Å². The van der Waals surface area contributed by atoms with Gasteiger partial charge in [-0.1, -0.05) is 12.1 Å². The maximum absolute atomic E-state index is 14.0. The highest BCUT2D eigenvalue weighted by Gasteiger charge is 2.35. The van der Waals surface area contributed by atoms with E-state index in [1.165, 1.54) is 31.3 Å². The van der Waals surface area contributed by atoms with E-state index in [1.54, 1.807) is 0 Å². The highest BCUT2D eigenvalue weighted by Crippen LogP contribution is 2.36. The number of hydrogen-bond donors (Lipinski definition) is 1. The van der Waals surface area contributed by atoms with Crippen LogP contribution in [0.15, 0.2) is 46.1 Å². The van der Waals surface area contributed by atoms with Gasteiger partial charge in [0.2, 0.25) is 10.0 Å². The zero-order valence-corrected chi connectivity index (χ0v) is 16.5. The number of likely N-dealkylation sites (N-methyl/N-ethyl adjacent to an activating group) is 1. The van der Waals surface area contributed by atoms with Crippen LogP contribution in [0.2, 0.25) is 0 Å². The molecule has 2 heterocycles. The topological polar surface area (TPSA) is 83.8 Å². The molecule has 30 heavy (non-hydrogen) atoms. The average molecular weight is 431 g/mol. The van der Waals surface area contributed by atoms with E-state index in [0.717, 1.165) is 16.4 Å². The molecule has 0 radical (unpaired) electrons. The summed E-state index contributed by atoms with van der Waals surface area (Å²) in [7, 11) is -2.73. The van der Waals surface area contributed by atoms with Gasteiger partial charge < -0.3 is 9.72 Å². The first-order valence-electron chi connectivity index (χ1n) is 8.81. The van der Waals surface area contributed by atoms with Gasteiger partial charge in [0.25, 0.3) is 5.56 Å². The van der Waals surface area contributed by atoms with Crippen molar-refractivity contribution in [2.45, 2.75) is 17.5 Å². The Morgan fingerprint density at radius 1 is 1.20 bits per heavy atom. The fraction of sp³-hybridized carbons (Fsp3) is 0.200. The summed E-state index contributed by atoms with van der Waals surface area (Å²) in [4.78, 5) is 18.1. The van der Waals surface area contributed by atoms with Crippen molar-refractivity contribution in [3.05, 3.63) is 81.1 Å². The SMILES string of the molecule is [C-]#[N+]c1cccc(S(=O)(=O)N(C)[C@@H]2COCc3[nH]c(=O)c4cc(F)c(F)cc4c32)c1. The number of H-pyrrole nitrogens is 1. The van der Waals surface area contributed by atoms with E-state index in [4.69, 9.17) is 11.3 Å². The molecule has 0 fully saturated rings. The van der Waals surface area contributed by atoms with Gasteiger partial charge in [0, 0.05) is 18.3 Å². The third kappa shape index (κ3) is 3.17. The molecule has 1 aliphatic rings. The monoisotopic (exact) mass is 431 g/mol. The summed E-state index contributed by atoms with van der Waals surface area (Å²) in [6, 6.07) is 6.36. The molecule has 1 N–H and O–H groups in total. The molecule has 0 aliphatic carbocycles. The van der Waals surface area contributed by atoms with Crippen LogP contribution in [0.25, 0.3) is 15.6 Å². The highest BCUT2D eigenvalue weighted by atomic mass is 32.2. The average Bonchev–Trinajstić information content (AvgIpc) is 2.74. The Balaban J connectivity index is 1.90. The molecule has 0 spiro atoms. The standard InChI is InChI=1S/C20H15F2N3O4S/c1-23-11-4-3-5-12(6-11)30(27,28)25(2)18-10-29-9-17-19(18)13-7-15(21)16(22)8-14(13)20(26)24-17/h3-8,18H,9-10H2,2H3,(H,24,26)/t18-/m1/s1. The van der Waals surface area contributed by atoms with Crippen LogP contribution in [0.5, 0.6) is 0 Å². The number of nitrogens with one attached hydrogen (secondary N) is 1. The van der Waals surface area contributed by atoms with Crippen LogP contribution in [0.3, 0.4) is 0 Å². The molecule has 0 bridgehead atoms. The molecule has 4 rings (SSSR count). The smallest absolute Gasteiger partial charge is 0.256 e. The van der Waals surface area contributed by atoms with Crippen molar-refractivity contribution in [3.8, 4) is 0 Å². The molecule has 1 aromatic heterocycles. The zero-order chi connectivity index (χ0) is 21.6. The summed E-state index contributed by atoms with van der Waals surface area (Å²) in [5.74, 6) is -2.32. The third-order valence-corrected chi connectivity index (χ3v) is 6.97. The molecule has 10 heteroatoms. The van der Waals surface area contributed by atoms with Crippen LogP contribution in [0.1, 0.15) is 17.3 Å². The Kier molecular flexibility index (Phi) is 4.89. The van der Waals surface area contributed by atoms with Crippen LogP contribution >= 0.6 is 0 Å². The van der Waals surface area contributed by atoms with E-state index in [2.05, 4.69) is 9.83 Å². The van der Waals surface area contributed by atoms with Crippen molar-refractivity contribution in [1.82, 2.24) is 9.29 Å². The molecule has 0 amide bonds. The molecular formula is C20H15F2N3O4S. The number of hydrogen-bond acceptors (Lipinski definition) is 4. The number of pyridine rings is 1. The summed E-state index contributed by atoms with van der Waals surface area (Å²) in [6.45, 7) is 7.04. The predicted molar refractivity (Wildman–Crippen MR) is 105 cm³/mol. The summed E-state index contributed by atoms with van der Waals surface area (Å²) in [6.07, 6.45) is 0. The van der Waals surface area contributed by atoms with Crippen molar-refractivity contribution in [1.29, 1.82) is 0 Å². The summed E-state index contributed by atoms with van der Waals surface area (Å²) in [5, 5.41) is 0.0401. The van der Waals surface area contributed by atoms with Gasteiger partial charge in [0.15, 0.2) is 17.3 Å².